The molecule has 4 rings (SSSR count). The number of carbonyl (C=O) groups is 1. The van der Waals surface area contributed by atoms with Gasteiger partial charge in [0.05, 0.1) is 5.75 Å². The summed E-state index contributed by atoms with van der Waals surface area (Å²) in [4.78, 5) is 14.7. The third-order valence-corrected chi connectivity index (χ3v) is 6.24. The molecule has 3 aromatic rings. The summed E-state index contributed by atoms with van der Waals surface area (Å²) in [6.45, 7) is 4.90. The number of carbonyl (C=O) groups excluding carboxylic acids is 1. The fourth-order valence-electron chi connectivity index (χ4n) is 2.95. The molecule has 29 heavy (non-hydrogen) atoms. The molecule has 1 aromatic carbocycles. The molecule has 6 nitrogen and oxygen atoms in total. The number of thiophene rings is 1. The molecular weight excluding hydrogens is 406 g/mol. The normalized spacial score (nSPS) is 13.4. The Morgan fingerprint density at radius 3 is 2.93 bits per heavy atom. The third-order valence-electron chi connectivity index (χ3n) is 4.70. The van der Waals surface area contributed by atoms with Crippen LogP contribution in [0.3, 0.4) is 0 Å². The summed E-state index contributed by atoms with van der Waals surface area (Å²) in [7, 11) is 0. The van der Waals surface area contributed by atoms with E-state index < -0.39 is 0 Å². The number of ether oxygens (including phenoxy) is 1. The molecule has 2 heterocycles. The third kappa shape index (κ3) is 5.39. The number of rotatable bonds is 9. The Balaban J connectivity index is 1.29. The Morgan fingerprint density at radius 1 is 1.31 bits per heavy atom. The molecule has 1 aliphatic rings. The molecule has 1 aliphatic carbocycles. The number of thioether (sulfide) groups is 1. The van der Waals surface area contributed by atoms with Crippen LogP contribution in [0.1, 0.15) is 35.4 Å². The highest BCUT2D eigenvalue weighted by Gasteiger charge is 2.32. The van der Waals surface area contributed by atoms with E-state index in [0.717, 1.165) is 29.7 Å². The van der Waals surface area contributed by atoms with Gasteiger partial charge in [0.25, 0.3) is 11.1 Å². The van der Waals surface area contributed by atoms with Crippen molar-refractivity contribution in [1.82, 2.24) is 15.1 Å². The van der Waals surface area contributed by atoms with Crippen molar-refractivity contribution in [3.63, 3.8) is 0 Å². The van der Waals surface area contributed by atoms with E-state index in [1.54, 1.807) is 11.3 Å². The molecule has 0 unspecified atom stereocenters. The van der Waals surface area contributed by atoms with Gasteiger partial charge in [0, 0.05) is 12.6 Å². The summed E-state index contributed by atoms with van der Waals surface area (Å²) in [5, 5.41) is 12.6. The molecule has 1 saturated carbocycles. The summed E-state index contributed by atoms with van der Waals surface area (Å²) in [5.41, 5.74) is 3.37. The molecule has 0 radical (unpaired) electrons. The second-order valence-corrected chi connectivity index (χ2v) is 8.90. The first kappa shape index (κ1) is 20.0. The summed E-state index contributed by atoms with van der Waals surface area (Å²) in [5.74, 6) is 1.61. The average molecular weight is 430 g/mol. The van der Waals surface area contributed by atoms with E-state index in [1.807, 2.05) is 42.3 Å². The highest BCUT2D eigenvalue weighted by atomic mass is 32.2. The number of benzene rings is 1. The number of amides is 1. The van der Waals surface area contributed by atoms with E-state index in [2.05, 4.69) is 21.6 Å². The molecule has 0 bridgehead atoms. The maximum atomic E-state index is 12.7. The molecule has 0 spiro atoms. The summed E-state index contributed by atoms with van der Waals surface area (Å²) in [6, 6.07) is 8.49. The van der Waals surface area contributed by atoms with Gasteiger partial charge in [-0.25, -0.2) is 0 Å². The van der Waals surface area contributed by atoms with Crippen molar-refractivity contribution in [3.8, 4) is 5.75 Å². The Labute approximate surface area is 178 Å². The Morgan fingerprint density at radius 2 is 2.17 bits per heavy atom. The minimum Gasteiger partial charge on any atom is -0.484 e. The molecule has 8 heteroatoms. The molecule has 0 atom stereocenters. The van der Waals surface area contributed by atoms with Gasteiger partial charge < -0.3 is 14.1 Å². The number of nitrogens with zero attached hydrogens (tertiary/aromatic N) is 3. The predicted octanol–water partition coefficient (Wildman–Crippen LogP) is 4.61. The van der Waals surface area contributed by atoms with Gasteiger partial charge in [-0.05, 0) is 66.3 Å². The lowest BCUT2D eigenvalue weighted by Crippen LogP contribution is -2.33. The first-order valence-corrected chi connectivity index (χ1v) is 11.5. The average Bonchev–Trinajstić information content (AvgIpc) is 3.23. The zero-order valence-electron chi connectivity index (χ0n) is 16.5. The second kappa shape index (κ2) is 9.00. The highest BCUT2D eigenvalue weighted by Crippen LogP contribution is 2.30. The fourth-order valence-corrected chi connectivity index (χ4v) is 4.28. The Kier molecular flexibility index (Phi) is 6.20. The SMILES string of the molecule is Cc1ccc(C)c(OCc2nnc(SCC(=O)N(Cc3ccsc3)C3CC3)o2)c1. The zero-order valence-corrected chi connectivity index (χ0v) is 18.1. The minimum absolute atomic E-state index is 0.107. The highest BCUT2D eigenvalue weighted by molar-refractivity contribution is 7.99. The lowest BCUT2D eigenvalue weighted by atomic mass is 10.1. The van der Waals surface area contributed by atoms with E-state index in [4.69, 9.17) is 9.15 Å². The van der Waals surface area contributed by atoms with E-state index in [9.17, 15) is 4.79 Å². The molecule has 1 fully saturated rings. The van der Waals surface area contributed by atoms with Crippen LogP contribution in [-0.4, -0.2) is 32.8 Å². The summed E-state index contributed by atoms with van der Waals surface area (Å²) < 4.78 is 11.4. The van der Waals surface area contributed by atoms with Gasteiger partial charge >= 0.3 is 0 Å². The maximum Gasteiger partial charge on any atom is 0.277 e. The van der Waals surface area contributed by atoms with E-state index in [-0.39, 0.29) is 12.5 Å². The van der Waals surface area contributed by atoms with E-state index >= 15 is 0 Å². The van der Waals surface area contributed by atoms with Gasteiger partial charge in [0.1, 0.15) is 5.75 Å². The Hall–Kier alpha value is -2.32. The molecule has 152 valence electrons. The lowest BCUT2D eigenvalue weighted by molar-refractivity contribution is -0.129. The lowest BCUT2D eigenvalue weighted by Gasteiger charge is -2.21. The van der Waals surface area contributed by atoms with E-state index in [0.29, 0.717) is 29.5 Å². The van der Waals surface area contributed by atoms with Crippen molar-refractivity contribution in [3.05, 3.63) is 57.6 Å². The predicted molar refractivity (Wildman–Crippen MR) is 113 cm³/mol. The zero-order chi connectivity index (χ0) is 20.2. The van der Waals surface area contributed by atoms with Crippen molar-refractivity contribution in [2.45, 2.75) is 51.1 Å². The van der Waals surface area contributed by atoms with Crippen LogP contribution in [0.15, 0.2) is 44.7 Å². The van der Waals surface area contributed by atoms with Crippen LogP contribution in [0.5, 0.6) is 5.75 Å². The number of aryl methyl sites for hydroxylation is 2. The summed E-state index contributed by atoms with van der Waals surface area (Å²) >= 11 is 2.93. The standard InChI is InChI=1S/C21H23N3O3S2/c1-14-3-4-15(2)18(9-14)26-11-19-22-23-21(27-19)29-13-20(25)24(17-5-6-17)10-16-7-8-28-12-16/h3-4,7-9,12,17H,5-6,10-11,13H2,1-2H3. The van der Waals surface area contributed by atoms with Crippen molar-refractivity contribution >= 4 is 29.0 Å². The Bertz CT molecular complexity index is 967. The number of aromatic nitrogens is 2. The molecule has 2 aromatic heterocycles. The largest absolute Gasteiger partial charge is 0.484 e. The van der Waals surface area contributed by atoms with Crippen molar-refractivity contribution in [2.75, 3.05) is 5.75 Å². The molecule has 0 N–H and O–H groups in total. The van der Waals surface area contributed by atoms with Crippen molar-refractivity contribution in [1.29, 1.82) is 0 Å². The van der Waals surface area contributed by atoms with Crippen LogP contribution in [0, 0.1) is 13.8 Å². The summed E-state index contributed by atoms with van der Waals surface area (Å²) in [6.07, 6.45) is 2.17. The fraction of sp³-hybridized carbons (Fsp3) is 0.381. The number of hydrogen-bond donors (Lipinski definition) is 0. The van der Waals surface area contributed by atoms with Gasteiger partial charge in [-0.2, -0.15) is 11.3 Å². The second-order valence-electron chi connectivity index (χ2n) is 7.19. The first-order chi connectivity index (χ1) is 14.1. The molecule has 1 amide bonds. The smallest absolute Gasteiger partial charge is 0.277 e. The van der Waals surface area contributed by atoms with Gasteiger partial charge in [0.2, 0.25) is 5.91 Å². The van der Waals surface area contributed by atoms with Crippen LogP contribution in [0.2, 0.25) is 0 Å². The van der Waals surface area contributed by atoms with Crippen LogP contribution >= 0.6 is 23.1 Å². The molecular formula is C21H23N3O3S2. The molecule has 0 aliphatic heterocycles. The first-order valence-electron chi connectivity index (χ1n) is 9.54. The van der Waals surface area contributed by atoms with Gasteiger partial charge in [0.15, 0.2) is 6.61 Å². The van der Waals surface area contributed by atoms with Crippen LogP contribution in [0.25, 0.3) is 0 Å². The van der Waals surface area contributed by atoms with Gasteiger partial charge in [-0.1, -0.05) is 23.9 Å². The van der Waals surface area contributed by atoms with Crippen LogP contribution in [-0.2, 0) is 17.9 Å². The quantitative estimate of drug-likeness (QED) is 0.463. The van der Waals surface area contributed by atoms with Crippen molar-refractivity contribution < 1.29 is 13.9 Å². The minimum atomic E-state index is 0.107. The van der Waals surface area contributed by atoms with Crippen molar-refractivity contribution in [2.24, 2.45) is 0 Å². The number of hydrogen-bond acceptors (Lipinski definition) is 7. The maximum absolute atomic E-state index is 12.7. The topological polar surface area (TPSA) is 68.5 Å². The monoisotopic (exact) mass is 429 g/mol. The van der Waals surface area contributed by atoms with Gasteiger partial charge in [-0.15, -0.1) is 10.2 Å². The molecule has 0 saturated heterocycles. The van der Waals surface area contributed by atoms with Crippen LogP contribution in [0.4, 0.5) is 0 Å². The van der Waals surface area contributed by atoms with E-state index in [1.165, 1.54) is 17.3 Å². The van der Waals surface area contributed by atoms with Gasteiger partial charge in [-0.3, -0.25) is 4.79 Å². The van der Waals surface area contributed by atoms with Crippen LogP contribution < -0.4 is 4.74 Å².